The molecule has 2 N–H and O–H groups in total. The summed E-state index contributed by atoms with van der Waals surface area (Å²) in [5.41, 5.74) is 0.504. The summed E-state index contributed by atoms with van der Waals surface area (Å²) in [4.78, 5) is 10.2. The maximum absolute atomic E-state index is 10.8. The van der Waals surface area contributed by atoms with E-state index in [0.717, 1.165) is 0 Å². The number of non-ortho nitro benzene ring substituents is 1. The zero-order valence-electron chi connectivity index (χ0n) is 12.5. The maximum Gasteiger partial charge on any atom is 0.269 e. The molecule has 0 unspecified atom stereocenters. The third-order valence-electron chi connectivity index (χ3n) is 3.64. The molecular formula is C13H20N2O7S. The molecule has 0 aliphatic carbocycles. The van der Waals surface area contributed by atoms with E-state index >= 15 is 0 Å². The second-order valence-electron chi connectivity index (χ2n) is 5.15. The lowest BCUT2D eigenvalue weighted by Gasteiger charge is -2.37. The first-order chi connectivity index (χ1) is 10.7. The highest BCUT2D eigenvalue weighted by atomic mass is 32.2. The number of nitrogens with zero attached hydrogens (tertiary/aromatic N) is 2. The third kappa shape index (κ3) is 5.84. The van der Waals surface area contributed by atoms with Gasteiger partial charge in [-0.25, -0.2) is 8.42 Å². The lowest BCUT2D eigenvalue weighted by molar-refractivity contribution is -0.384. The van der Waals surface area contributed by atoms with E-state index in [1.807, 2.05) is 0 Å². The van der Waals surface area contributed by atoms with E-state index in [9.17, 15) is 33.3 Å². The molecule has 130 valence electrons. The standard InChI is InChI=1S/C13H20N2O7S/c16-9-7-15(8-10-17,6-1-11-23(20,21)22)13-4-2-12(3-5-13)14(18)19/h2-5,16-17H,1,6-11H2. The van der Waals surface area contributed by atoms with Crippen molar-refractivity contribution in [2.75, 3.05) is 38.6 Å². The van der Waals surface area contributed by atoms with Gasteiger partial charge >= 0.3 is 0 Å². The fourth-order valence-corrected chi connectivity index (χ4v) is 3.02. The van der Waals surface area contributed by atoms with Gasteiger partial charge in [0.25, 0.3) is 5.69 Å². The predicted molar refractivity (Wildman–Crippen MR) is 82.8 cm³/mol. The largest absolute Gasteiger partial charge is 0.748 e. The van der Waals surface area contributed by atoms with Crippen molar-refractivity contribution < 1.29 is 28.1 Å². The fraction of sp³-hybridized carbons (Fsp3) is 0.538. The van der Waals surface area contributed by atoms with Crippen LogP contribution in [0.15, 0.2) is 24.3 Å². The van der Waals surface area contributed by atoms with E-state index in [0.29, 0.717) is 5.69 Å². The molecule has 0 aliphatic rings. The molecule has 10 heteroatoms. The van der Waals surface area contributed by atoms with Crippen LogP contribution in [0.3, 0.4) is 0 Å². The zero-order chi connectivity index (χ0) is 17.5. The molecular weight excluding hydrogens is 328 g/mol. The van der Waals surface area contributed by atoms with E-state index in [-0.39, 0.29) is 49.4 Å². The van der Waals surface area contributed by atoms with E-state index in [1.54, 1.807) is 0 Å². The van der Waals surface area contributed by atoms with Gasteiger partial charge in [-0.05, 0) is 0 Å². The molecule has 0 fully saturated rings. The number of hydrogen-bond donors (Lipinski definition) is 2. The van der Waals surface area contributed by atoms with Gasteiger partial charge < -0.3 is 14.8 Å². The van der Waals surface area contributed by atoms with Crippen molar-refractivity contribution >= 4 is 21.5 Å². The van der Waals surface area contributed by atoms with Crippen molar-refractivity contribution in [2.24, 2.45) is 0 Å². The molecule has 0 atom stereocenters. The van der Waals surface area contributed by atoms with Crippen LogP contribution in [0.1, 0.15) is 6.42 Å². The Morgan fingerprint density at radius 1 is 1.04 bits per heavy atom. The smallest absolute Gasteiger partial charge is 0.269 e. The fourth-order valence-electron chi connectivity index (χ4n) is 2.54. The Balaban J connectivity index is 3.07. The Bertz CT molecular complexity index is 610. The monoisotopic (exact) mass is 348 g/mol. The number of rotatable bonds is 10. The molecule has 0 aromatic heterocycles. The first-order valence-electron chi connectivity index (χ1n) is 7.00. The van der Waals surface area contributed by atoms with Crippen LogP contribution < -0.4 is 4.48 Å². The maximum atomic E-state index is 10.8. The molecule has 1 rings (SSSR count). The number of quaternary nitrogens is 1. The molecule has 0 saturated carbocycles. The van der Waals surface area contributed by atoms with Crippen molar-refractivity contribution in [1.29, 1.82) is 0 Å². The van der Waals surface area contributed by atoms with Gasteiger partial charge in [0.05, 0.1) is 34.8 Å². The molecule has 0 saturated heterocycles. The normalized spacial score (nSPS) is 12.3. The number of hydrogen-bond acceptors (Lipinski definition) is 7. The van der Waals surface area contributed by atoms with Crippen LogP contribution in [0.4, 0.5) is 11.4 Å². The Kier molecular flexibility index (Phi) is 7.03. The molecule has 0 heterocycles. The van der Waals surface area contributed by atoms with Gasteiger partial charge in [0.15, 0.2) is 0 Å². The van der Waals surface area contributed by atoms with Crippen LogP contribution in [0.25, 0.3) is 0 Å². The SMILES string of the molecule is O=[N+]([O-])c1ccc([N+](CCO)(CCO)CCCS(=O)(=O)[O-])cc1. The Morgan fingerprint density at radius 3 is 1.96 bits per heavy atom. The van der Waals surface area contributed by atoms with Crippen molar-refractivity contribution in [3.8, 4) is 0 Å². The van der Waals surface area contributed by atoms with Gasteiger partial charge in [0, 0.05) is 36.4 Å². The average molecular weight is 348 g/mol. The molecule has 1 aromatic rings. The summed E-state index contributed by atoms with van der Waals surface area (Å²) in [7, 11) is -4.35. The molecule has 0 bridgehead atoms. The summed E-state index contributed by atoms with van der Waals surface area (Å²) in [6, 6.07) is 5.63. The van der Waals surface area contributed by atoms with Crippen LogP contribution in [-0.4, -0.2) is 66.7 Å². The molecule has 9 nitrogen and oxygen atoms in total. The summed E-state index contributed by atoms with van der Waals surface area (Å²) in [5, 5.41) is 29.3. The average Bonchev–Trinajstić information content (AvgIpc) is 2.46. The van der Waals surface area contributed by atoms with Crippen molar-refractivity contribution in [2.45, 2.75) is 6.42 Å². The number of nitro groups is 1. The van der Waals surface area contributed by atoms with E-state index in [2.05, 4.69) is 0 Å². The predicted octanol–water partition coefficient (Wildman–Crippen LogP) is -0.178. The lowest BCUT2D eigenvalue weighted by Crippen LogP contribution is -2.54. The number of aliphatic hydroxyl groups excluding tert-OH is 2. The lowest BCUT2D eigenvalue weighted by atomic mass is 10.2. The minimum absolute atomic E-state index is 0.0422. The first-order valence-corrected chi connectivity index (χ1v) is 8.58. The summed E-state index contributed by atoms with van der Waals surface area (Å²) in [6.45, 7) is 0.150. The highest BCUT2D eigenvalue weighted by molar-refractivity contribution is 7.85. The Morgan fingerprint density at radius 2 is 1.57 bits per heavy atom. The van der Waals surface area contributed by atoms with Crippen molar-refractivity contribution in [1.82, 2.24) is 4.48 Å². The van der Waals surface area contributed by atoms with Crippen LogP contribution in [0, 0.1) is 10.1 Å². The molecule has 0 aliphatic heterocycles. The quantitative estimate of drug-likeness (QED) is 0.259. The first kappa shape index (κ1) is 19.5. The molecule has 0 spiro atoms. The minimum atomic E-state index is -4.35. The molecule has 1 aromatic carbocycles. The molecule has 0 amide bonds. The van der Waals surface area contributed by atoms with Crippen LogP contribution in [0.5, 0.6) is 0 Å². The highest BCUT2D eigenvalue weighted by Gasteiger charge is 2.30. The van der Waals surface area contributed by atoms with Crippen molar-refractivity contribution in [3.05, 3.63) is 34.4 Å². The van der Waals surface area contributed by atoms with Crippen molar-refractivity contribution in [3.63, 3.8) is 0 Å². The third-order valence-corrected chi connectivity index (χ3v) is 4.43. The minimum Gasteiger partial charge on any atom is -0.748 e. The zero-order valence-corrected chi connectivity index (χ0v) is 13.3. The van der Waals surface area contributed by atoms with E-state index in [1.165, 1.54) is 24.3 Å². The molecule has 23 heavy (non-hydrogen) atoms. The highest BCUT2D eigenvalue weighted by Crippen LogP contribution is 2.26. The number of benzene rings is 1. The summed E-state index contributed by atoms with van der Waals surface area (Å²) in [5.74, 6) is -0.545. The van der Waals surface area contributed by atoms with Gasteiger partial charge in [-0.3, -0.25) is 14.6 Å². The molecule has 0 radical (unpaired) electrons. The van der Waals surface area contributed by atoms with Gasteiger partial charge in [-0.15, -0.1) is 0 Å². The van der Waals surface area contributed by atoms with Gasteiger partial charge in [-0.1, -0.05) is 0 Å². The number of nitro benzene ring substituents is 1. The summed E-state index contributed by atoms with van der Waals surface area (Å²) < 4.78 is 32.3. The van der Waals surface area contributed by atoms with Crippen LogP contribution in [0.2, 0.25) is 0 Å². The van der Waals surface area contributed by atoms with Crippen LogP contribution >= 0.6 is 0 Å². The Hall–Kier alpha value is -1.59. The Labute approximate surface area is 134 Å². The summed E-state index contributed by atoms with van der Waals surface area (Å²) in [6.07, 6.45) is 0.0584. The van der Waals surface area contributed by atoms with Gasteiger partial charge in [0.2, 0.25) is 0 Å². The second-order valence-corrected chi connectivity index (χ2v) is 6.68. The van der Waals surface area contributed by atoms with Crippen LogP contribution in [-0.2, 0) is 10.1 Å². The summed E-state index contributed by atoms with van der Waals surface area (Å²) >= 11 is 0. The van der Waals surface area contributed by atoms with Gasteiger partial charge in [0.1, 0.15) is 18.8 Å². The van der Waals surface area contributed by atoms with E-state index in [4.69, 9.17) is 0 Å². The number of aliphatic hydroxyl groups is 2. The topological polar surface area (TPSA) is 141 Å². The van der Waals surface area contributed by atoms with Gasteiger partial charge in [-0.2, -0.15) is 0 Å². The second kappa shape index (κ2) is 8.31. The van der Waals surface area contributed by atoms with E-state index < -0.39 is 20.8 Å².